The number of hydrogen-bond donors (Lipinski definition) is 1. The molecular formula is C10H10F3NO3. The van der Waals surface area contributed by atoms with Gasteiger partial charge in [0.05, 0.1) is 6.61 Å². The van der Waals surface area contributed by atoms with Gasteiger partial charge in [0.25, 0.3) is 0 Å². The van der Waals surface area contributed by atoms with Crippen molar-refractivity contribution in [2.24, 2.45) is 0 Å². The number of nitrogens with zero attached hydrogens (tertiary/aromatic N) is 1. The van der Waals surface area contributed by atoms with E-state index in [2.05, 4.69) is 4.98 Å². The van der Waals surface area contributed by atoms with Gasteiger partial charge in [0.2, 0.25) is 0 Å². The molecule has 0 amide bonds. The van der Waals surface area contributed by atoms with Crippen LogP contribution in [-0.4, -0.2) is 28.8 Å². The number of carbonyl (C=O) groups is 1. The third kappa shape index (κ3) is 4.71. The van der Waals surface area contributed by atoms with E-state index < -0.39 is 18.6 Å². The summed E-state index contributed by atoms with van der Waals surface area (Å²) in [6.45, 7) is -0.203. The minimum Gasteiger partial charge on any atom is -0.491 e. The lowest BCUT2D eigenvalue weighted by molar-refractivity contribution is -0.136. The molecule has 7 heteroatoms. The lowest BCUT2D eigenvalue weighted by atomic mass is 10.3. The van der Waals surface area contributed by atoms with Gasteiger partial charge in [-0.25, -0.2) is 9.78 Å². The predicted octanol–water partition coefficient (Wildman–Crippen LogP) is 2.50. The highest BCUT2D eigenvalue weighted by molar-refractivity contribution is 5.88. The molecule has 0 fully saturated rings. The number of rotatable bonds is 5. The SMILES string of the molecule is O=C(O)c1ncccc1OCCCC(F)(F)F. The van der Waals surface area contributed by atoms with Gasteiger partial charge < -0.3 is 9.84 Å². The molecule has 4 nitrogen and oxygen atoms in total. The predicted molar refractivity (Wildman–Crippen MR) is 52.0 cm³/mol. The van der Waals surface area contributed by atoms with Crippen LogP contribution < -0.4 is 4.74 Å². The molecule has 0 aliphatic carbocycles. The Morgan fingerprint density at radius 3 is 2.76 bits per heavy atom. The van der Waals surface area contributed by atoms with Crippen molar-refractivity contribution in [2.75, 3.05) is 6.61 Å². The minimum atomic E-state index is -4.23. The first kappa shape index (κ1) is 13.3. The van der Waals surface area contributed by atoms with Gasteiger partial charge in [0.15, 0.2) is 11.4 Å². The van der Waals surface area contributed by atoms with Crippen LogP contribution in [0.5, 0.6) is 5.75 Å². The first-order valence-corrected chi connectivity index (χ1v) is 4.78. The first-order chi connectivity index (χ1) is 7.90. The zero-order valence-electron chi connectivity index (χ0n) is 8.70. The lowest BCUT2D eigenvalue weighted by Crippen LogP contribution is -2.11. The smallest absolute Gasteiger partial charge is 0.389 e. The van der Waals surface area contributed by atoms with E-state index >= 15 is 0 Å². The van der Waals surface area contributed by atoms with Crippen molar-refractivity contribution in [1.82, 2.24) is 4.98 Å². The molecule has 17 heavy (non-hydrogen) atoms. The number of hydrogen-bond acceptors (Lipinski definition) is 3. The molecule has 0 saturated heterocycles. The Kier molecular flexibility index (Phi) is 4.30. The van der Waals surface area contributed by atoms with Crippen LogP contribution in [0.1, 0.15) is 23.3 Å². The van der Waals surface area contributed by atoms with Crippen LogP contribution in [0.2, 0.25) is 0 Å². The summed E-state index contributed by atoms with van der Waals surface area (Å²) >= 11 is 0. The number of pyridine rings is 1. The van der Waals surface area contributed by atoms with Gasteiger partial charge in [0.1, 0.15) is 0 Å². The van der Waals surface area contributed by atoms with Crippen molar-refractivity contribution in [3.8, 4) is 5.75 Å². The highest BCUT2D eigenvalue weighted by Crippen LogP contribution is 2.22. The summed E-state index contributed by atoms with van der Waals surface area (Å²) in [6.07, 6.45) is -4.15. The Labute approximate surface area is 95.0 Å². The molecule has 0 spiro atoms. The normalized spacial score (nSPS) is 11.2. The van der Waals surface area contributed by atoms with Crippen molar-refractivity contribution in [3.05, 3.63) is 24.0 Å². The monoisotopic (exact) mass is 249 g/mol. The fraction of sp³-hybridized carbons (Fsp3) is 0.400. The number of alkyl halides is 3. The molecule has 0 aliphatic rings. The first-order valence-electron chi connectivity index (χ1n) is 4.78. The van der Waals surface area contributed by atoms with E-state index in [0.29, 0.717) is 0 Å². The van der Waals surface area contributed by atoms with Gasteiger partial charge in [0, 0.05) is 12.6 Å². The van der Waals surface area contributed by atoms with E-state index in [9.17, 15) is 18.0 Å². The fourth-order valence-electron chi connectivity index (χ4n) is 1.12. The van der Waals surface area contributed by atoms with Crippen molar-refractivity contribution >= 4 is 5.97 Å². The number of carboxylic acid groups (broad SMARTS) is 1. The number of ether oxygens (including phenoxy) is 1. The third-order valence-corrected chi connectivity index (χ3v) is 1.84. The number of carboxylic acids is 1. The van der Waals surface area contributed by atoms with E-state index in [-0.39, 0.29) is 24.5 Å². The average molecular weight is 249 g/mol. The van der Waals surface area contributed by atoms with Gasteiger partial charge in [-0.3, -0.25) is 0 Å². The molecule has 0 atom stereocenters. The van der Waals surface area contributed by atoms with Crippen LogP contribution in [0, 0.1) is 0 Å². The molecule has 1 rings (SSSR count). The second-order valence-corrected chi connectivity index (χ2v) is 3.22. The molecular weight excluding hydrogens is 239 g/mol. The largest absolute Gasteiger partial charge is 0.491 e. The van der Waals surface area contributed by atoms with Crippen LogP contribution in [0.3, 0.4) is 0 Å². The molecule has 0 bridgehead atoms. The molecule has 94 valence electrons. The highest BCUT2D eigenvalue weighted by atomic mass is 19.4. The average Bonchev–Trinajstić information content (AvgIpc) is 2.23. The Morgan fingerprint density at radius 1 is 1.47 bits per heavy atom. The summed E-state index contributed by atoms with van der Waals surface area (Å²) in [7, 11) is 0. The molecule has 0 saturated carbocycles. The van der Waals surface area contributed by atoms with Gasteiger partial charge in [-0.05, 0) is 18.6 Å². The van der Waals surface area contributed by atoms with Gasteiger partial charge >= 0.3 is 12.1 Å². The maximum absolute atomic E-state index is 11.8. The number of halogens is 3. The van der Waals surface area contributed by atoms with E-state index in [4.69, 9.17) is 9.84 Å². The van der Waals surface area contributed by atoms with Gasteiger partial charge in [-0.15, -0.1) is 0 Å². The molecule has 1 heterocycles. The topological polar surface area (TPSA) is 59.4 Å². The summed E-state index contributed by atoms with van der Waals surface area (Å²) in [5.74, 6) is -1.31. The summed E-state index contributed by atoms with van der Waals surface area (Å²) in [6, 6.07) is 2.80. The highest BCUT2D eigenvalue weighted by Gasteiger charge is 2.26. The van der Waals surface area contributed by atoms with E-state index in [0.717, 1.165) is 0 Å². The molecule has 0 radical (unpaired) electrons. The number of aromatic nitrogens is 1. The summed E-state index contributed by atoms with van der Waals surface area (Å²) in [5.41, 5.74) is -0.306. The fourth-order valence-corrected chi connectivity index (χ4v) is 1.12. The van der Waals surface area contributed by atoms with Crippen LogP contribution in [0.4, 0.5) is 13.2 Å². The van der Waals surface area contributed by atoms with E-state index in [1.54, 1.807) is 0 Å². The zero-order chi connectivity index (χ0) is 12.9. The second kappa shape index (κ2) is 5.51. The number of aromatic carboxylic acids is 1. The van der Waals surface area contributed by atoms with Crippen LogP contribution >= 0.6 is 0 Å². The van der Waals surface area contributed by atoms with Crippen molar-refractivity contribution in [2.45, 2.75) is 19.0 Å². The Balaban J connectivity index is 2.49. The third-order valence-electron chi connectivity index (χ3n) is 1.84. The molecule has 1 aromatic heterocycles. The van der Waals surface area contributed by atoms with Crippen molar-refractivity contribution in [1.29, 1.82) is 0 Å². The molecule has 1 aromatic rings. The molecule has 0 aromatic carbocycles. The van der Waals surface area contributed by atoms with Gasteiger partial charge in [-0.2, -0.15) is 13.2 Å². The lowest BCUT2D eigenvalue weighted by Gasteiger charge is -2.09. The summed E-state index contributed by atoms with van der Waals surface area (Å²) in [4.78, 5) is 14.3. The van der Waals surface area contributed by atoms with Crippen LogP contribution in [0.15, 0.2) is 18.3 Å². The minimum absolute atomic E-state index is 0.0258. The summed E-state index contributed by atoms with van der Waals surface area (Å²) < 4.78 is 40.4. The standard InChI is InChI=1S/C10H10F3NO3/c11-10(12,13)4-2-6-17-7-3-1-5-14-8(7)9(15)16/h1,3,5H,2,4,6H2,(H,15,16). The zero-order valence-corrected chi connectivity index (χ0v) is 8.70. The van der Waals surface area contributed by atoms with Crippen molar-refractivity contribution in [3.63, 3.8) is 0 Å². The Hall–Kier alpha value is -1.79. The molecule has 0 unspecified atom stereocenters. The Bertz CT molecular complexity index is 393. The van der Waals surface area contributed by atoms with E-state index in [1.165, 1.54) is 18.3 Å². The van der Waals surface area contributed by atoms with E-state index in [1.807, 2.05) is 0 Å². The molecule has 0 aliphatic heterocycles. The maximum atomic E-state index is 11.8. The summed E-state index contributed by atoms with van der Waals surface area (Å²) in [5, 5.41) is 8.73. The molecule has 1 N–H and O–H groups in total. The Morgan fingerprint density at radius 2 is 2.18 bits per heavy atom. The van der Waals surface area contributed by atoms with Gasteiger partial charge in [-0.1, -0.05) is 0 Å². The van der Waals surface area contributed by atoms with Crippen LogP contribution in [0.25, 0.3) is 0 Å². The quantitative estimate of drug-likeness (QED) is 0.814. The van der Waals surface area contributed by atoms with Crippen LogP contribution in [-0.2, 0) is 0 Å². The van der Waals surface area contributed by atoms with Crippen molar-refractivity contribution < 1.29 is 27.8 Å². The maximum Gasteiger partial charge on any atom is 0.389 e. The second-order valence-electron chi connectivity index (χ2n) is 3.22.